The van der Waals surface area contributed by atoms with Gasteiger partial charge in [0.2, 0.25) is 0 Å². The van der Waals surface area contributed by atoms with Gasteiger partial charge in [0, 0.05) is 0 Å². The maximum absolute atomic E-state index is 9.12. The van der Waals surface area contributed by atoms with Gasteiger partial charge in [-0.2, -0.15) is 0 Å². The first-order chi connectivity index (χ1) is 6.52. The molecule has 2 N–H and O–H groups in total. The molecule has 3 heteroatoms. The van der Waals surface area contributed by atoms with E-state index >= 15 is 0 Å². The molecular formula is C11H24O3. The summed E-state index contributed by atoms with van der Waals surface area (Å²) >= 11 is 0. The first-order valence-electron chi connectivity index (χ1n) is 5.44. The predicted molar refractivity (Wildman–Crippen MR) is 57.3 cm³/mol. The summed E-state index contributed by atoms with van der Waals surface area (Å²) in [5, 5.41) is 17.7. The lowest BCUT2D eigenvalue weighted by Gasteiger charge is -2.26. The summed E-state index contributed by atoms with van der Waals surface area (Å²) in [6, 6.07) is 0. The standard InChI is InChI=1S/C11H24O3/c1-4-5-6-7-11(2,3)14-9-10(13)8-12/h10,12-13H,4-9H2,1-3H3. The summed E-state index contributed by atoms with van der Waals surface area (Å²) in [4.78, 5) is 0. The zero-order chi connectivity index (χ0) is 11.0. The monoisotopic (exact) mass is 204 g/mol. The molecule has 0 fully saturated rings. The molecule has 1 unspecified atom stereocenters. The van der Waals surface area contributed by atoms with Crippen molar-refractivity contribution in [2.45, 2.75) is 58.2 Å². The van der Waals surface area contributed by atoms with Crippen LogP contribution in [0, 0.1) is 0 Å². The van der Waals surface area contributed by atoms with Gasteiger partial charge in [-0.15, -0.1) is 0 Å². The number of unbranched alkanes of at least 4 members (excludes halogenated alkanes) is 2. The summed E-state index contributed by atoms with van der Waals surface area (Å²) in [6.07, 6.45) is 3.82. The van der Waals surface area contributed by atoms with Crippen LogP contribution in [0.25, 0.3) is 0 Å². The lowest BCUT2D eigenvalue weighted by molar-refractivity contribution is -0.0748. The first-order valence-corrected chi connectivity index (χ1v) is 5.44. The molecule has 1 atom stereocenters. The fourth-order valence-electron chi connectivity index (χ4n) is 1.25. The highest BCUT2D eigenvalue weighted by Gasteiger charge is 2.18. The van der Waals surface area contributed by atoms with Crippen LogP contribution in [0.1, 0.15) is 46.5 Å². The fourth-order valence-corrected chi connectivity index (χ4v) is 1.25. The first kappa shape index (κ1) is 13.9. The van der Waals surface area contributed by atoms with Crippen LogP contribution in [0.3, 0.4) is 0 Å². The SMILES string of the molecule is CCCCCC(C)(C)OCC(O)CO. The molecule has 0 saturated heterocycles. The number of aliphatic hydroxyl groups excluding tert-OH is 2. The Hall–Kier alpha value is -0.120. The Balaban J connectivity index is 3.60. The van der Waals surface area contributed by atoms with E-state index in [2.05, 4.69) is 6.92 Å². The normalized spacial score (nSPS) is 14.4. The summed E-state index contributed by atoms with van der Waals surface area (Å²) in [7, 11) is 0. The molecule has 0 rings (SSSR count). The van der Waals surface area contributed by atoms with E-state index in [9.17, 15) is 0 Å². The topological polar surface area (TPSA) is 49.7 Å². The van der Waals surface area contributed by atoms with Crippen LogP contribution in [-0.2, 0) is 4.74 Å². The summed E-state index contributed by atoms with van der Waals surface area (Å²) < 4.78 is 5.52. The van der Waals surface area contributed by atoms with Crippen LogP contribution < -0.4 is 0 Å². The number of aliphatic hydroxyl groups is 2. The summed E-state index contributed by atoms with van der Waals surface area (Å²) in [5.74, 6) is 0. The van der Waals surface area contributed by atoms with E-state index in [1.807, 2.05) is 13.8 Å². The van der Waals surface area contributed by atoms with E-state index in [4.69, 9.17) is 14.9 Å². The molecule has 0 aliphatic heterocycles. The van der Waals surface area contributed by atoms with Crippen molar-refractivity contribution in [3.05, 3.63) is 0 Å². The van der Waals surface area contributed by atoms with E-state index in [1.54, 1.807) is 0 Å². The molecule has 0 aromatic heterocycles. The largest absolute Gasteiger partial charge is 0.394 e. The van der Waals surface area contributed by atoms with Gasteiger partial charge in [-0.3, -0.25) is 0 Å². The van der Waals surface area contributed by atoms with Crippen LogP contribution in [-0.4, -0.2) is 35.1 Å². The second kappa shape index (κ2) is 7.21. The predicted octanol–water partition coefficient (Wildman–Crippen LogP) is 1.72. The van der Waals surface area contributed by atoms with Gasteiger partial charge in [0.05, 0.1) is 18.8 Å². The minimum atomic E-state index is -0.750. The van der Waals surface area contributed by atoms with Gasteiger partial charge in [0.25, 0.3) is 0 Å². The lowest BCUT2D eigenvalue weighted by atomic mass is 10.0. The Morgan fingerprint density at radius 1 is 1.29 bits per heavy atom. The van der Waals surface area contributed by atoms with Gasteiger partial charge in [-0.05, 0) is 20.3 Å². The highest BCUT2D eigenvalue weighted by Crippen LogP contribution is 2.18. The highest BCUT2D eigenvalue weighted by molar-refractivity contribution is 4.69. The van der Waals surface area contributed by atoms with Crippen molar-refractivity contribution in [1.82, 2.24) is 0 Å². The van der Waals surface area contributed by atoms with E-state index in [1.165, 1.54) is 12.8 Å². The second-order valence-electron chi connectivity index (χ2n) is 4.36. The molecule has 0 aromatic carbocycles. The van der Waals surface area contributed by atoms with Gasteiger partial charge >= 0.3 is 0 Å². The molecule has 0 amide bonds. The smallest absolute Gasteiger partial charge is 0.100 e. The van der Waals surface area contributed by atoms with Crippen molar-refractivity contribution >= 4 is 0 Å². The minimum Gasteiger partial charge on any atom is -0.394 e. The van der Waals surface area contributed by atoms with Crippen molar-refractivity contribution in [3.8, 4) is 0 Å². The molecule has 0 radical (unpaired) electrons. The number of hydrogen-bond donors (Lipinski definition) is 2. The van der Waals surface area contributed by atoms with Crippen LogP contribution in [0.5, 0.6) is 0 Å². The van der Waals surface area contributed by atoms with Gasteiger partial charge in [0.15, 0.2) is 0 Å². The zero-order valence-corrected chi connectivity index (χ0v) is 9.62. The van der Waals surface area contributed by atoms with Gasteiger partial charge < -0.3 is 14.9 Å². The average molecular weight is 204 g/mol. The van der Waals surface area contributed by atoms with Crippen molar-refractivity contribution in [2.24, 2.45) is 0 Å². The van der Waals surface area contributed by atoms with E-state index in [-0.39, 0.29) is 18.8 Å². The third-order valence-electron chi connectivity index (χ3n) is 2.26. The molecule has 86 valence electrons. The summed E-state index contributed by atoms with van der Waals surface area (Å²) in [6.45, 7) is 6.20. The van der Waals surface area contributed by atoms with E-state index < -0.39 is 6.10 Å². The number of hydrogen-bond acceptors (Lipinski definition) is 3. The Bertz CT molecular complexity index is 134. The quantitative estimate of drug-likeness (QED) is 0.592. The van der Waals surface area contributed by atoms with Gasteiger partial charge in [-0.25, -0.2) is 0 Å². The van der Waals surface area contributed by atoms with Crippen LogP contribution in [0.15, 0.2) is 0 Å². The van der Waals surface area contributed by atoms with E-state index in [0.29, 0.717) is 0 Å². The number of ether oxygens (including phenoxy) is 1. The maximum atomic E-state index is 9.12. The van der Waals surface area contributed by atoms with E-state index in [0.717, 1.165) is 12.8 Å². The van der Waals surface area contributed by atoms with Crippen LogP contribution in [0.2, 0.25) is 0 Å². The molecule has 0 aliphatic carbocycles. The maximum Gasteiger partial charge on any atom is 0.100 e. The third kappa shape index (κ3) is 7.30. The minimum absolute atomic E-state index is 0.189. The third-order valence-corrected chi connectivity index (χ3v) is 2.26. The number of rotatable bonds is 8. The van der Waals surface area contributed by atoms with Crippen LogP contribution in [0.4, 0.5) is 0 Å². The van der Waals surface area contributed by atoms with Crippen molar-refractivity contribution in [3.63, 3.8) is 0 Å². The molecule has 0 heterocycles. The van der Waals surface area contributed by atoms with Gasteiger partial charge in [-0.1, -0.05) is 26.2 Å². The Morgan fingerprint density at radius 2 is 1.93 bits per heavy atom. The molecule has 0 spiro atoms. The Labute approximate surface area is 87.1 Å². The molecule has 0 bridgehead atoms. The highest BCUT2D eigenvalue weighted by atomic mass is 16.5. The molecular weight excluding hydrogens is 180 g/mol. The lowest BCUT2D eigenvalue weighted by Crippen LogP contribution is -2.30. The van der Waals surface area contributed by atoms with Crippen molar-refractivity contribution < 1.29 is 14.9 Å². The average Bonchev–Trinajstić information content (AvgIpc) is 2.14. The van der Waals surface area contributed by atoms with Crippen molar-refractivity contribution in [1.29, 1.82) is 0 Å². The Kier molecular flexibility index (Phi) is 7.15. The summed E-state index contributed by atoms with van der Waals surface area (Å²) in [5.41, 5.74) is -0.189. The molecule has 0 saturated carbocycles. The van der Waals surface area contributed by atoms with Gasteiger partial charge in [0.1, 0.15) is 6.10 Å². The van der Waals surface area contributed by atoms with Crippen molar-refractivity contribution in [2.75, 3.05) is 13.2 Å². The molecule has 0 aliphatic rings. The second-order valence-corrected chi connectivity index (χ2v) is 4.36. The molecule has 14 heavy (non-hydrogen) atoms. The molecule has 0 aromatic rings. The van der Waals surface area contributed by atoms with Crippen LogP contribution >= 0.6 is 0 Å². The zero-order valence-electron chi connectivity index (χ0n) is 9.62. The molecule has 3 nitrogen and oxygen atoms in total. The fraction of sp³-hybridized carbons (Fsp3) is 1.00. The Morgan fingerprint density at radius 3 is 2.43 bits per heavy atom.